The second-order valence-electron chi connectivity index (χ2n) is 11.1. The van der Waals surface area contributed by atoms with Crippen LogP contribution in [0.5, 0.6) is 0 Å². The Morgan fingerprint density at radius 1 is 0.968 bits per heavy atom. The van der Waals surface area contributed by atoms with Crippen molar-refractivity contribution in [1.82, 2.24) is 0 Å². The first-order valence-corrected chi connectivity index (χ1v) is 13.7. The monoisotopic (exact) mass is 427 g/mol. The SMILES string of the molecule is CCCCCCCCCCC(N)=O.C[C@@]12CCC[C@H]1[C@@H]1CCC3=CCCCC3=C1CC2. The summed E-state index contributed by atoms with van der Waals surface area (Å²) in [5.74, 6) is 1.86. The summed E-state index contributed by atoms with van der Waals surface area (Å²) in [5.41, 5.74) is 11.3. The number of primary amides is 1. The van der Waals surface area contributed by atoms with E-state index in [1.54, 1.807) is 5.57 Å². The highest BCUT2D eigenvalue weighted by molar-refractivity contribution is 5.73. The number of carbonyl (C=O) groups is 1. The molecule has 0 aromatic rings. The molecule has 0 spiro atoms. The van der Waals surface area contributed by atoms with Crippen molar-refractivity contribution in [2.75, 3.05) is 0 Å². The molecule has 31 heavy (non-hydrogen) atoms. The lowest BCUT2D eigenvalue weighted by molar-refractivity contribution is -0.118. The molecule has 2 N–H and O–H groups in total. The molecule has 0 bridgehead atoms. The number of nitrogens with two attached hydrogens (primary N) is 1. The molecule has 0 saturated heterocycles. The van der Waals surface area contributed by atoms with Crippen molar-refractivity contribution in [2.45, 2.75) is 136 Å². The van der Waals surface area contributed by atoms with E-state index in [0.29, 0.717) is 11.8 Å². The summed E-state index contributed by atoms with van der Waals surface area (Å²) in [5, 5.41) is 0. The number of unbranched alkanes of at least 4 members (excludes halogenated alkanes) is 7. The van der Waals surface area contributed by atoms with Crippen LogP contribution in [-0.2, 0) is 4.79 Å². The average Bonchev–Trinajstić information content (AvgIpc) is 3.17. The second kappa shape index (κ2) is 12.3. The first kappa shape index (κ1) is 24.6. The lowest BCUT2D eigenvalue weighted by atomic mass is 9.58. The standard InChI is InChI=1S/C18H26.C11H23NO/c1-18-11-4-7-17(18)16-9-8-13-5-2-3-6-14(13)15(16)10-12-18;1-2-3-4-5-6-7-8-9-10-11(12)13/h5,16-17H,2-4,6-12H2,1H3;2-10H2,1H3,(H2,12,13)/t16-,17+,18+;/m1./s1. The topological polar surface area (TPSA) is 43.1 Å². The highest BCUT2D eigenvalue weighted by atomic mass is 16.1. The minimum Gasteiger partial charge on any atom is -0.370 e. The molecular formula is C29H49NO. The number of rotatable bonds is 9. The molecule has 0 unspecified atom stereocenters. The van der Waals surface area contributed by atoms with Gasteiger partial charge in [0, 0.05) is 6.42 Å². The van der Waals surface area contributed by atoms with E-state index in [2.05, 4.69) is 19.9 Å². The summed E-state index contributed by atoms with van der Waals surface area (Å²) in [6.07, 6.45) is 27.7. The number of fused-ring (bicyclic) bond motifs is 4. The van der Waals surface area contributed by atoms with Gasteiger partial charge in [-0.1, -0.05) is 76.9 Å². The third-order valence-corrected chi connectivity index (χ3v) is 8.86. The molecule has 2 saturated carbocycles. The predicted molar refractivity (Wildman–Crippen MR) is 133 cm³/mol. The molecule has 4 rings (SSSR count). The first-order valence-electron chi connectivity index (χ1n) is 13.7. The highest BCUT2D eigenvalue weighted by Gasteiger charge is 2.48. The van der Waals surface area contributed by atoms with E-state index in [0.717, 1.165) is 24.7 Å². The van der Waals surface area contributed by atoms with E-state index in [9.17, 15) is 4.79 Å². The zero-order chi connectivity index (χ0) is 22.1. The zero-order valence-electron chi connectivity index (χ0n) is 20.7. The number of hydrogen-bond acceptors (Lipinski definition) is 1. The summed E-state index contributed by atoms with van der Waals surface area (Å²) in [4.78, 5) is 10.4. The fraction of sp³-hybridized carbons (Fsp3) is 0.828. The maximum absolute atomic E-state index is 10.4. The van der Waals surface area contributed by atoms with Gasteiger partial charge < -0.3 is 5.73 Å². The Morgan fingerprint density at radius 3 is 2.45 bits per heavy atom. The van der Waals surface area contributed by atoms with Crippen molar-refractivity contribution < 1.29 is 4.79 Å². The van der Waals surface area contributed by atoms with Gasteiger partial charge in [0.05, 0.1) is 0 Å². The molecule has 0 aliphatic heterocycles. The molecule has 2 nitrogen and oxygen atoms in total. The summed E-state index contributed by atoms with van der Waals surface area (Å²) < 4.78 is 0. The van der Waals surface area contributed by atoms with Crippen molar-refractivity contribution >= 4 is 5.91 Å². The predicted octanol–water partition coefficient (Wildman–Crippen LogP) is 8.41. The minimum absolute atomic E-state index is 0.161. The van der Waals surface area contributed by atoms with E-state index in [4.69, 9.17) is 5.73 Å². The van der Waals surface area contributed by atoms with E-state index in [1.165, 1.54) is 103 Å². The Labute approximate surface area is 192 Å². The molecule has 2 heteroatoms. The normalized spacial score (nSPS) is 29.3. The van der Waals surface area contributed by atoms with Gasteiger partial charge in [-0.05, 0) is 92.6 Å². The number of allylic oxidation sites excluding steroid dienone is 4. The van der Waals surface area contributed by atoms with Gasteiger partial charge >= 0.3 is 0 Å². The summed E-state index contributed by atoms with van der Waals surface area (Å²) in [6.45, 7) is 4.82. The van der Waals surface area contributed by atoms with Crippen molar-refractivity contribution in [1.29, 1.82) is 0 Å². The maximum Gasteiger partial charge on any atom is 0.217 e. The van der Waals surface area contributed by atoms with E-state index >= 15 is 0 Å². The van der Waals surface area contributed by atoms with Gasteiger partial charge in [0.2, 0.25) is 5.91 Å². The van der Waals surface area contributed by atoms with Crippen molar-refractivity contribution in [3.63, 3.8) is 0 Å². The molecule has 0 radical (unpaired) electrons. The second-order valence-corrected chi connectivity index (χ2v) is 11.1. The van der Waals surface area contributed by atoms with Crippen LogP contribution in [0.25, 0.3) is 0 Å². The van der Waals surface area contributed by atoms with Crippen LogP contribution in [0.2, 0.25) is 0 Å². The Kier molecular flexibility index (Phi) is 9.72. The lowest BCUT2D eigenvalue weighted by Gasteiger charge is -2.47. The Bertz CT molecular complexity index is 645. The first-order chi connectivity index (χ1) is 15.0. The molecule has 2 fully saturated rings. The fourth-order valence-electron chi connectivity index (χ4n) is 7.06. The van der Waals surface area contributed by atoms with Crippen LogP contribution >= 0.6 is 0 Å². The average molecular weight is 428 g/mol. The van der Waals surface area contributed by atoms with Crippen LogP contribution in [0.15, 0.2) is 22.8 Å². The molecule has 176 valence electrons. The van der Waals surface area contributed by atoms with Crippen molar-refractivity contribution in [2.24, 2.45) is 23.0 Å². The smallest absolute Gasteiger partial charge is 0.217 e. The summed E-state index contributed by atoms with van der Waals surface area (Å²) >= 11 is 0. The number of amides is 1. The van der Waals surface area contributed by atoms with Gasteiger partial charge in [0.25, 0.3) is 0 Å². The van der Waals surface area contributed by atoms with E-state index in [1.807, 2.05) is 11.1 Å². The van der Waals surface area contributed by atoms with Gasteiger partial charge in [-0.25, -0.2) is 0 Å². The van der Waals surface area contributed by atoms with E-state index in [-0.39, 0.29) is 5.91 Å². The molecule has 4 aliphatic rings. The van der Waals surface area contributed by atoms with E-state index < -0.39 is 0 Å². The van der Waals surface area contributed by atoms with Crippen LogP contribution in [0.1, 0.15) is 136 Å². The van der Waals surface area contributed by atoms with Crippen LogP contribution in [0.4, 0.5) is 0 Å². The van der Waals surface area contributed by atoms with Crippen molar-refractivity contribution in [3.8, 4) is 0 Å². The van der Waals surface area contributed by atoms with Crippen LogP contribution in [0, 0.1) is 17.3 Å². The third kappa shape index (κ3) is 6.72. The summed E-state index contributed by atoms with van der Waals surface area (Å²) in [6, 6.07) is 0. The highest BCUT2D eigenvalue weighted by Crippen LogP contribution is 2.59. The number of carbonyl (C=O) groups excluding carboxylic acids is 1. The molecule has 3 atom stereocenters. The van der Waals surface area contributed by atoms with Gasteiger partial charge in [-0.3, -0.25) is 4.79 Å². The molecular weight excluding hydrogens is 378 g/mol. The zero-order valence-corrected chi connectivity index (χ0v) is 20.7. The molecule has 4 aliphatic carbocycles. The number of hydrogen-bond donors (Lipinski definition) is 1. The Morgan fingerprint density at radius 2 is 1.71 bits per heavy atom. The minimum atomic E-state index is -0.161. The molecule has 0 heterocycles. The maximum atomic E-state index is 10.4. The van der Waals surface area contributed by atoms with Gasteiger partial charge in [-0.2, -0.15) is 0 Å². The fourth-order valence-corrected chi connectivity index (χ4v) is 7.06. The largest absolute Gasteiger partial charge is 0.370 e. The van der Waals surface area contributed by atoms with Crippen LogP contribution < -0.4 is 5.73 Å². The Hall–Kier alpha value is -1.05. The lowest BCUT2D eigenvalue weighted by Crippen LogP contribution is -2.36. The van der Waals surface area contributed by atoms with Gasteiger partial charge in [0.15, 0.2) is 0 Å². The van der Waals surface area contributed by atoms with Crippen LogP contribution in [-0.4, -0.2) is 5.91 Å². The third-order valence-electron chi connectivity index (χ3n) is 8.86. The molecule has 0 aromatic carbocycles. The molecule has 0 aromatic heterocycles. The summed E-state index contributed by atoms with van der Waals surface area (Å²) in [7, 11) is 0. The molecule has 1 amide bonds. The van der Waals surface area contributed by atoms with Gasteiger partial charge in [0.1, 0.15) is 0 Å². The Balaban J connectivity index is 0.000000188. The van der Waals surface area contributed by atoms with Crippen molar-refractivity contribution in [3.05, 3.63) is 22.8 Å². The quantitative estimate of drug-likeness (QED) is 0.369. The van der Waals surface area contributed by atoms with Gasteiger partial charge in [-0.15, -0.1) is 0 Å². The van der Waals surface area contributed by atoms with Crippen LogP contribution in [0.3, 0.4) is 0 Å².